The number of nitrogens with one attached hydrogen (secondary N) is 2. The highest BCUT2D eigenvalue weighted by Crippen LogP contribution is 2.39. The van der Waals surface area contributed by atoms with Crippen molar-refractivity contribution in [2.75, 3.05) is 23.0 Å². The first-order chi connectivity index (χ1) is 16.1. The van der Waals surface area contributed by atoms with Gasteiger partial charge < -0.3 is 9.64 Å². The van der Waals surface area contributed by atoms with Crippen LogP contribution in [0.5, 0.6) is 0 Å². The van der Waals surface area contributed by atoms with E-state index in [4.69, 9.17) is 20.5 Å². The Kier molecular flexibility index (Phi) is 5.59. The summed E-state index contributed by atoms with van der Waals surface area (Å²) < 4.78 is 7.47. The Bertz CT molecular complexity index is 1170. The van der Waals surface area contributed by atoms with E-state index in [1.54, 1.807) is 36.6 Å². The van der Waals surface area contributed by atoms with Crippen LogP contribution < -0.4 is 9.80 Å². The number of hydrogen-bond donors (Lipinski definition) is 2. The second kappa shape index (κ2) is 8.70. The first-order valence-electron chi connectivity index (χ1n) is 11.2. The molecule has 2 aliphatic rings. The second-order valence-electron chi connectivity index (χ2n) is 8.22. The Balaban J connectivity index is 1.66. The number of pyridine rings is 1. The van der Waals surface area contributed by atoms with Crippen LogP contribution in [0.4, 0.5) is 11.5 Å². The van der Waals surface area contributed by atoms with Gasteiger partial charge in [0.25, 0.3) is 0 Å². The molecule has 0 unspecified atom stereocenters. The number of nitrogens with zero attached hydrogens (tertiary/aromatic N) is 7. The van der Waals surface area contributed by atoms with Gasteiger partial charge >= 0.3 is 0 Å². The van der Waals surface area contributed by atoms with E-state index in [1.165, 1.54) is 0 Å². The minimum Gasteiger partial charge on any atom is -0.381 e. The van der Waals surface area contributed by atoms with E-state index in [0.29, 0.717) is 30.7 Å². The van der Waals surface area contributed by atoms with Crippen molar-refractivity contribution in [2.45, 2.75) is 45.2 Å². The van der Waals surface area contributed by atoms with Gasteiger partial charge in [0, 0.05) is 49.6 Å². The normalized spacial score (nSPS) is 19.0. The minimum absolute atomic E-state index is 0.175. The average Bonchev–Trinajstić information content (AvgIpc) is 3.34. The molecule has 10 heteroatoms. The lowest BCUT2D eigenvalue weighted by atomic mass is 9.99. The summed E-state index contributed by atoms with van der Waals surface area (Å²) >= 11 is 0. The van der Waals surface area contributed by atoms with E-state index >= 15 is 0 Å². The molecule has 1 atom stereocenters. The van der Waals surface area contributed by atoms with Crippen molar-refractivity contribution in [2.24, 2.45) is 0 Å². The highest BCUT2D eigenvalue weighted by atomic mass is 16.5. The van der Waals surface area contributed by atoms with Gasteiger partial charge in [0.2, 0.25) is 5.95 Å². The molecule has 0 radical (unpaired) electrons. The highest BCUT2D eigenvalue weighted by molar-refractivity contribution is 6.21. The fourth-order valence-corrected chi connectivity index (χ4v) is 4.70. The second-order valence-corrected chi connectivity index (χ2v) is 8.22. The SMILES string of the molecule is CC[C@@H]1C(=N)N(C(C)=N)c2cnc(-n3ccnc3-c3ccncc3)nc2N1C1CCOCC1. The van der Waals surface area contributed by atoms with Crippen LogP contribution in [0.3, 0.4) is 0 Å². The fraction of sp³-hybridized carbons (Fsp3) is 0.391. The van der Waals surface area contributed by atoms with Crippen LogP contribution >= 0.6 is 0 Å². The van der Waals surface area contributed by atoms with E-state index < -0.39 is 0 Å². The average molecular weight is 446 g/mol. The number of fused-ring (bicyclic) bond motifs is 1. The van der Waals surface area contributed by atoms with Crippen molar-refractivity contribution >= 4 is 23.2 Å². The van der Waals surface area contributed by atoms with Crippen molar-refractivity contribution in [3.63, 3.8) is 0 Å². The Labute approximate surface area is 192 Å². The maximum Gasteiger partial charge on any atom is 0.237 e. The zero-order valence-electron chi connectivity index (χ0n) is 18.8. The standard InChI is InChI=1S/C23H27N9O/c1-3-18-20(25)31(15(2)24)19-14-28-23(29-22(19)32(18)17-6-12-33-13-7-17)30-11-10-27-21(30)16-4-8-26-9-5-16/h4-5,8-11,14,17-18,24-25H,3,6-7,12-13H2,1-2H3/t18-/m1/s1. The van der Waals surface area contributed by atoms with Crippen LogP contribution in [0, 0.1) is 10.8 Å². The van der Waals surface area contributed by atoms with Crippen LogP contribution in [-0.4, -0.2) is 61.5 Å². The van der Waals surface area contributed by atoms with E-state index in [2.05, 4.69) is 26.8 Å². The van der Waals surface area contributed by atoms with Crippen molar-refractivity contribution in [1.29, 1.82) is 10.8 Å². The number of rotatable bonds is 4. The maximum absolute atomic E-state index is 8.89. The highest BCUT2D eigenvalue weighted by Gasteiger charge is 2.41. The van der Waals surface area contributed by atoms with Gasteiger partial charge in [-0.05, 0) is 38.3 Å². The van der Waals surface area contributed by atoms with Gasteiger partial charge in [-0.15, -0.1) is 0 Å². The molecule has 3 aromatic heterocycles. The van der Waals surface area contributed by atoms with Crippen molar-refractivity contribution < 1.29 is 4.74 Å². The van der Waals surface area contributed by atoms with Gasteiger partial charge in [-0.25, -0.2) is 9.97 Å². The number of aromatic nitrogens is 5. The Hall–Kier alpha value is -3.66. The molecule has 0 amide bonds. The molecule has 5 heterocycles. The molecular weight excluding hydrogens is 418 g/mol. The minimum atomic E-state index is -0.175. The lowest BCUT2D eigenvalue weighted by molar-refractivity contribution is 0.0833. The number of imidazole rings is 1. The molecule has 0 aromatic carbocycles. The predicted molar refractivity (Wildman–Crippen MR) is 126 cm³/mol. The first kappa shape index (κ1) is 21.2. The molecule has 1 saturated heterocycles. The molecular formula is C23H27N9O. The molecule has 1 fully saturated rings. The summed E-state index contributed by atoms with van der Waals surface area (Å²) in [7, 11) is 0. The third-order valence-corrected chi connectivity index (χ3v) is 6.22. The van der Waals surface area contributed by atoms with E-state index in [9.17, 15) is 0 Å². The Morgan fingerprint density at radius 3 is 2.61 bits per heavy atom. The lowest BCUT2D eigenvalue weighted by Crippen LogP contribution is -2.58. The number of ether oxygens (including phenoxy) is 1. The van der Waals surface area contributed by atoms with E-state index in [-0.39, 0.29) is 17.9 Å². The van der Waals surface area contributed by atoms with E-state index in [1.807, 2.05) is 22.9 Å². The summed E-state index contributed by atoms with van der Waals surface area (Å²) in [5.41, 5.74) is 1.58. The molecule has 10 nitrogen and oxygen atoms in total. The molecule has 2 aliphatic heterocycles. The predicted octanol–water partition coefficient (Wildman–Crippen LogP) is 3.28. The van der Waals surface area contributed by atoms with Gasteiger partial charge in [-0.1, -0.05) is 6.92 Å². The first-order valence-corrected chi connectivity index (χ1v) is 11.2. The molecule has 33 heavy (non-hydrogen) atoms. The molecule has 2 N–H and O–H groups in total. The largest absolute Gasteiger partial charge is 0.381 e. The Morgan fingerprint density at radius 2 is 1.91 bits per heavy atom. The van der Waals surface area contributed by atoms with Gasteiger partial charge in [-0.3, -0.25) is 25.3 Å². The fourth-order valence-electron chi connectivity index (χ4n) is 4.70. The van der Waals surface area contributed by atoms with E-state index in [0.717, 1.165) is 36.5 Å². The molecule has 3 aromatic rings. The zero-order valence-corrected chi connectivity index (χ0v) is 18.8. The summed E-state index contributed by atoms with van der Waals surface area (Å²) in [5, 5.41) is 17.2. The van der Waals surface area contributed by atoms with Gasteiger partial charge in [0.1, 0.15) is 23.2 Å². The van der Waals surface area contributed by atoms with Crippen LogP contribution in [0.1, 0.15) is 33.1 Å². The van der Waals surface area contributed by atoms with Crippen LogP contribution in [0.25, 0.3) is 17.3 Å². The van der Waals surface area contributed by atoms with Crippen molar-refractivity contribution in [3.8, 4) is 17.3 Å². The summed E-state index contributed by atoms with van der Waals surface area (Å²) in [6, 6.07) is 3.84. The van der Waals surface area contributed by atoms with Crippen LogP contribution in [0.2, 0.25) is 0 Å². The lowest BCUT2D eigenvalue weighted by Gasteiger charge is -2.47. The molecule has 0 saturated carbocycles. The summed E-state index contributed by atoms with van der Waals surface area (Å²) in [6.07, 6.45) is 11.3. The third kappa shape index (κ3) is 3.66. The maximum atomic E-state index is 8.89. The third-order valence-electron chi connectivity index (χ3n) is 6.22. The molecule has 5 rings (SSSR count). The number of amidine groups is 2. The van der Waals surface area contributed by atoms with Crippen LogP contribution in [-0.2, 0) is 4.74 Å². The monoisotopic (exact) mass is 445 g/mol. The summed E-state index contributed by atoms with van der Waals surface area (Å²) in [6.45, 7) is 5.16. The quantitative estimate of drug-likeness (QED) is 0.467. The smallest absolute Gasteiger partial charge is 0.237 e. The number of anilines is 2. The molecule has 0 aliphatic carbocycles. The van der Waals surface area contributed by atoms with Gasteiger partial charge in [0.15, 0.2) is 5.82 Å². The Morgan fingerprint density at radius 1 is 1.15 bits per heavy atom. The van der Waals surface area contributed by atoms with Gasteiger partial charge in [-0.2, -0.15) is 4.98 Å². The molecule has 170 valence electrons. The zero-order chi connectivity index (χ0) is 22.9. The van der Waals surface area contributed by atoms with Crippen LogP contribution in [0.15, 0.2) is 43.1 Å². The van der Waals surface area contributed by atoms with Gasteiger partial charge in [0.05, 0.1) is 12.2 Å². The topological polar surface area (TPSA) is 120 Å². The van der Waals surface area contributed by atoms with Crippen molar-refractivity contribution in [1.82, 2.24) is 24.5 Å². The summed E-state index contributed by atoms with van der Waals surface area (Å²) in [5.74, 6) is 2.64. The molecule has 0 bridgehead atoms. The summed E-state index contributed by atoms with van der Waals surface area (Å²) in [4.78, 5) is 22.2. The number of hydrogen-bond acceptors (Lipinski definition) is 8. The van der Waals surface area contributed by atoms with Crippen molar-refractivity contribution in [3.05, 3.63) is 43.1 Å². The molecule has 0 spiro atoms.